The molecule has 0 atom stereocenters. The van der Waals surface area contributed by atoms with Gasteiger partial charge in [-0.25, -0.2) is 18.2 Å². The Morgan fingerprint density at radius 1 is 1.00 bits per heavy atom. The quantitative estimate of drug-likeness (QED) is 0.352. The van der Waals surface area contributed by atoms with E-state index in [1.165, 1.54) is 4.52 Å². The fourth-order valence-corrected chi connectivity index (χ4v) is 4.92. The van der Waals surface area contributed by atoms with E-state index < -0.39 is 15.8 Å². The number of hydrogen-bond donors (Lipinski definition) is 1. The van der Waals surface area contributed by atoms with Crippen molar-refractivity contribution in [3.8, 4) is 0 Å². The minimum Gasteiger partial charge on any atom is -0.462 e. The molecule has 1 N–H and O–H groups in total. The lowest BCUT2D eigenvalue weighted by molar-refractivity contribution is 0.0526. The summed E-state index contributed by atoms with van der Waals surface area (Å²) >= 11 is 0. The summed E-state index contributed by atoms with van der Waals surface area (Å²) in [6.07, 6.45) is 0. The van der Waals surface area contributed by atoms with Gasteiger partial charge in [-0.15, -0.1) is 5.10 Å². The van der Waals surface area contributed by atoms with Gasteiger partial charge in [-0.3, -0.25) is 0 Å². The van der Waals surface area contributed by atoms with Gasteiger partial charge in [0.05, 0.1) is 22.6 Å². The number of ether oxygens (including phenoxy) is 1. The molecule has 35 heavy (non-hydrogen) atoms. The number of aryl methyl sites for hydroxylation is 1. The smallest absolute Gasteiger partial charge is 0.338 e. The molecule has 0 aliphatic carbocycles. The summed E-state index contributed by atoms with van der Waals surface area (Å²) in [5.74, 6) is 0.0278. The lowest BCUT2D eigenvalue weighted by Gasteiger charge is -2.11. The number of anilines is 2. The van der Waals surface area contributed by atoms with Gasteiger partial charge < -0.3 is 10.1 Å². The lowest BCUT2D eigenvalue weighted by Crippen LogP contribution is -2.06. The van der Waals surface area contributed by atoms with E-state index in [9.17, 15) is 13.2 Å². The van der Waals surface area contributed by atoms with Crippen molar-refractivity contribution in [2.45, 2.75) is 23.8 Å². The Morgan fingerprint density at radius 2 is 1.71 bits per heavy atom. The van der Waals surface area contributed by atoms with Crippen molar-refractivity contribution in [2.75, 3.05) is 11.9 Å². The van der Waals surface area contributed by atoms with Gasteiger partial charge in [0.15, 0.2) is 5.65 Å². The predicted molar refractivity (Wildman–Crippen MR) is 131 cm³/mol. The molecule has 5 aromatic rings. The first-order valence-electron chi connectivity index (χ1n) is 10.9. The zero-order valence-corrected chi connectivity index (χ0v) is 19.8. The fraction of sp³-hybridized carbons (Fsp3) is 0.120. The molecule has 0 unspecified atom stereocenters. The zero-order valence-electron chi connectivity index (χ0n) is 19.0. The Morgan fingerprint density at radius 3 is 2.43 bits per heavy atom. The van der Waals surface area contributed by atoms with Crippen LogP contribution in [-0.2, 0) is 14.6 Å². The standard InChI is InChI=1S/C25H21N5O4S/c1-3-34-25(31)17-10-12-18(13-11-17)26-22-20-6-4-5-7-21(20)30-23(27-22)24(28-29-30)35(32,33)19-14-8-16(2)9-15-19/h4-15H,3H2,1-2H3,(H,26,27). The van der Waals surface area contributed by atoms with E-state index in [0.29, 0.717) is 29.2 Å². The minimum absolute atomic E-state index is 0.106. The van der Waals surface area contributed by atoms with Crippen LogP contribution >= 0.6 is 0 Å². The number of nitrogens with one attached hydrogen (secondary N) is 1. The SMILES string of the molecule is CCOC(=O)c1ccc(Nc2nc3c(S(=O)(=O)c4ccc(C)cc4)nnn3c3ccccc23)cc1. The van der Waals surface area contributed by atoms with E-state index in [2.05, 4.69) is 20.6 Å². The number of carbonyl (C=O) groups excluding carboxylic acids is 1. The fourth-order valence-electron chi connectivity index (χ4n) is 3.68. The maximum atomic E-state index is 13.4. The number of rotatable bonds is 6. The van der Waals surface area contributed by atoms with Crippen LogP contribution in [-0.4, -0.2) is 40.8 Å². The van der Waals surface area contributed by atoms with Crippen LogP contribution in [0.25, 0.3) is 16.6 Å². The predicted octanol–water partition coefficient (Wildman–Crippen LogP) is 4.34. The number of para-hydroxylation sites is 1. The Hall–Kier alpha value is -4.31. The van der Waals surface area contributed by atoms with Crippen molar-refractivity contribution in [3.05, 3.63) is 83.9 Å². The second-order valence-corrected chi connectivity index (χ2v) is 9.71. The number of aromatic nitrogens is 4. The van der Waals surface area contributed by atoms with Gasteiger partial charge in [0.25, 0.3) is 0 Å². The molecule has 0 bridgehead atoms. The third-order valence-electron chi connectivity index (χ3n) is 5.47. The Kier molecular flexibility index (Phi) is 5.65. The molecule has 0 aliphatic rings. The summed E-state index contributed by atoms with van der Waals surface area (Å²) < 4.78 is 33.2. The molecule has 9 nitrogen and oxygen atoms in total. The highest BCUT2D eigenvalue weighted by Gasteiger charge is 2.27. The van der Waals surface area contributed by atoms with Crippen LogP contribution in [0, 0.1) is 6.92 Å². The molecule has 0 radical (unpaired) electrons. The molecule has 0 amide bonds. The summed E-state index contributed by atoms with van der Waals surface area (Å²) in [5.41, 5.74) is 2.78. The van der Waals surface area contributed by atoms with E-state index in [-0.39, 0.29) is 15.6 Å². The Labute approximate surface area is 201 Å². The molecule has 10 heteroatoms. The van der Waals surface area contributed by atoms with Crippen molar-refractivity contribution in [2.24, 2.45) is 0 Å². The van der Waals surface area contributed by atoms with E-state index in [4.69, 9.17) is 4.74 Å². The van der Waals surface area contributed by atoms with Crippen LogP contribution in [0.4, 0.5) is 11.5 Å². The number of carbonyl (C=O) groups is 1. The van der Waals surface area contributed by atoms with Gasteiger partial charge in [0, 0.05) is 11.1 Å². The zero-order chi connectivity index (χ0) is 24.6. The van der Waals surface area contributed by atoms with Crippen LogP contribution in [0.15, 0.2) is 82.7 Å². The normalized spacial score (nSPS) is 11.6. The monoisotopic (exact) mass is 487 g/mol. The Bertz CT molecular complexity index is 1660. The van der Waals surface area contributed by atoms with Gasteiger partial charge in [-0.1, -0.05) is 35.0 Å². The molecule has 3 aromatic carbocycles. The summed E-state index contributed by atoms with van der Waals surface area (Å²) in [6, 6.07) is 20.6. The second kappa shape index (κ2) is 8.80. The van der Waals surface area contributed by atoms with E-state index in [1.807, 2.05) is 31.2 Å². The third kappa shape index (κ3) is 4.08. The maximum Gasteiger partial charge on any atom is 0.338 e. The summed E-state index contributed by atoms with van der Waals surface area (Å²) in [6.45, 7) is 3.93. The average molecular weight is 488 g/mol. The first kappa shape index (κ1) is 22.5. The summed E-state index contributed by atoms with van der Waals surface area (Å²) in [4.78, 5) is 16.7. The summed E-state index contributed by atoms with van der Waals surface area (Å²) in [7, 11) is -3.95. The van der Waals surface area contributed by atoms with Gasteiger partial charge in [-0.2, -0.15) is 4.52 Å². The summed E-state index contributed by atoms with van der Waals surface area (Å²) in [5, 5.41) is 11.8. The molecule has 176 valence electrons. The van der Waals surface area contributed by atoms with Gasteiger partial charge in [0.2, 0.25) is 14.9 Å². The number of nitrogens with zero attached hydrogens (tertiary/aromatic N) is 4. The highest BCUT2D eigenvalue weighted by atomic mass is 32.2. The highest BCUT2D eigenvalue weighted by Crippen LogP contribution is 2.29. The molecule has 2 aromatic heterocycles. The largest absolute Gasteiger partial charge is 0.462 e. The topological polar surface area (TPSA) is 116 Å². The molecular formula is C25H21N5O4S. The van der Waals surface area contributed by atoms with Crippen molar-refractivity contribution < 1.29 is 17.9 Å². The molecule has 5 rings (SSSR count). The first-order chi connectivity index (χ1) is 16.9. The van der Waals surface area contributed by atoms with Crippen LogP contribution in [0.5, 0.6) is 0 Å². The molecule has 0 saturated heterocycles. The van der Waals surface area contributed by atoms with E-state index in [0.717, 1.165) is 10.9 Å². The third-order valence-corrected chi connectivity index (χ3v) is 7.13. The van der Waals surface area contributed by atoms with Gasteiger partial charge in [0.1, 0.15) is 5.82 Å². The molecule has 0 saturated carbocycles. The van der Waals surface area contributed by atoms with Gasteiger partial charge >= 0.3 is 5.97 Å². The number of sulfone groups is 1. The molecule has 0 spiro atoms. The van der Waals surface area contributed by atoms with Gasteiger partial charge in [-0.05, 0) is 62.4 Å². The van der Waals surface area contributed by atoms with E-state index >= 15 is 0 Å². The maximum absolute atomic E-state index is 13.4. The van der Waals surface area contributed by atoms with Crippen molar-refractivity contribution >= 4 is 43.9 Å². The average Bonchev–Trinajstić information content (AvgIpc) is 3.30. The number of benzene rings is 3. The van der Waals surface area contributed by atoms with E-state index in [1.54, 1.807) is 55.5 Å². The van der Waals surface area contributed by atoms with Crippen molar-refractivity contribution in [1.29, 1.82) is 0 Å². The first-order valence-corrected chi connectivity index (χ1v) is 12.4. The number of hydrogen-bond acceptors (Lipinski definition) is 8. The van der Waals surface area contributed by atoms with Crippen LogP contribution in [0.3, 0.4) is 0 Å². The lowest BCUT2D eigenvalue weighted by atomic mass is 10.2. The minimum atomic E-state index is -3.95. The molecule has 0 fully saturated rings. The number of esters is 1. The highest BCUT2D eigenvalue weighted by molar-refractivity contribution is 7.91. The molecular weight excluding hydrogens is 466 g/mol. The Balaban J connectivity index is 1.61. The van der Waals surface area contributed by atoms with Crippen LogP contribution in [0.1, 0.15) is 22.8 Å². The second-order valence-electron chi connectivity index (χ2n) is 7.85. The molecule has 2 heterocycles. The van der Waals surface area contributed by atoms with Crippen LogP contribution < -0.4 is 5.32 Å². The van der Waals surface area contributed by atoms with Crippen LogP contribution in [0.2, 0.25) is 0 Å². The van der Waals surface area contributed by atoms with Crippen molar-refractivity contribution in [1.82, 2.24) is 19.8 Å². The van der Waals surface area contributed by atoms with Crippen molar-refractivity contribution in [3.63, 3.8) is 0 Å². The molecule has 0 aliphatic heterocycles. The number of fused-ring (bicyclic) bond motifs is 3.